The second kappa shape index (κ2) is 11.6. The number of imidazole rings is 1. The molecule has 0 atom stereocenters. The number of hydrogen-bond acceptors (Lipinski definition) is 8. The van der Waals surface area contributed by atoms with E-state index in [1.54, 1.807) is 0 Å². The summed E-state index contributed by atoms with van der Waals surface area (Å²) in [6.07, 6.45) is 2.08. The van der Waals surface area contributed by atoms with Gasteiger partial charge in [0.2, 0.25) is 0 Å². The van der Waals surface area contributed by atoms with Crippen molar-refractivity contribution in [1.29, 1.82) is 0 Å². The Hall–Kier alpha value is -4.60. The Bertz CT molecular complexity index is 1650. The van der Waals surface area contributed by atoms with Crippen LogP contribution in [0.25, 0.3) is 33.5 Å². The largest absolute Gasteiger partial charge is 0.321 e. The first-order valence-corrected chi connectivity index (χ1v) is 13.7. The van der Waals surface area contributed by atoms with Crippen molar-refractivity contribution in [2.24, 2.45) is 0 Å². The zero-order chi connectivity index (χ0) is 28.2. The fourth-order valence-electron chi connectivity index (χ4n) is 4.92. The maximum absolute atomic E-state index is 13.1. The van der Waals surface area contributed by atoms with Gasteiger partial charge in [0.05, 0.1) is 0 Å². The normalized spacial score (nSPS) is 11.4. The maximum Gasteiger partial charge on any atom is 0.185 e. The first-order valence-electron chi connectivity index (χ1n) is 13.7. The van der Waals surface area contributed by atoms with Gasteiger partial charge in [0, 0.05) is 30.9 Å². The number of Topliss-reactive ketones (excluding diaryl/α,β-unsaturated/α-hetero) is 2. The van der Waals surface area contributed by atoms with Crippen LogP contribution in [0.4, 0.5) is 0 Å². The van der Waals surface area contributed by atoms with E-state index in [2.05, 4.69) is 68.9 Å². The minimum atomic E-state index is -0.112. The highest BCUT2D eigenvalue weighted by Gasteiger charge is 2.26. The van der Waals surface area contributed by atoms with Gasteiger partial charge >= 0.3 is 0 Å². The molecule has 0 amide bonds. The van der Waals surface area contributed by atoms with Gasteiger partial charge in [0.15, 0.2) is 28.8 Å². The van der Waals surface area contributed by atoms with Crippen LogP contribution >= 0.6 is 0 Å². The Kier molecular flexibility index (Phi) is 7.86. The van der Waals surface area contributed by atoms with Gasteiger partial charge in [-0.25, -0.2) is 10.1 Å². The van der Waals surface area contributed by atoms with Gasteiger partial charge in [-0.2, -0.15) is 0 Å². The number of carbonyl (C=O) groups excluding carboxylic acids is 2. The lowest BCUT2D eigenvalue weighted by Gasteiger charge is -2.14. The van der Waals surface area contributed by atoms with Crippen molar-refractivity contribution in [1.82, 2.24) is 40.4 Å². The van der Waals surface area contributed by atoms with E-state index in [9.17, 15) is 9.59 Å². The van der Waals surface area contributed by atoms with Crippen molar-refractivity contribution in [3.05, 3.63) is 71.3 Å². The second-order valence-corrected chi connectivity index (χ2v) is 10.1. The molecule has 0 aliphatic rings. The molecule has 1 N–H and O–H groups in total. The molecule has 204 valence electrons. The van der Waals surface area contributed by atoms with Crippen molar-refractivity contribution in [2.45, 2.75) is 65.8 Å². The molecule has 2 aromatic carbocycles. The lowest BCUT2D eigenvalue weighted by atomic mass is 9.98. The van der Waals surface area contributed by atoms with Gasteiger partial charge in [0.25, 0.3) is 0 Å². The molecule has 3 aromatic heterocycles. The van der Waals surface area contributed by atoms with Crippen LogP contribution in [0.5, 0.6) is 0 Å². The number of tetrazole rings is 1. The average molecular weight is 537 g/mol. The summed E-state index contributed by atoms with van der Waals surface area (Å²) in [4.78, 5) is 31.0. The first-order chi connectivity index (χ1) is 19.4. The summed E-state index contributed by atoms with van der Waals surface area (Å²) in [6, 6.07) is 16.2. The van der Waals surface area contributed by atoms with Gasteiger partial charge in [-0.05, 0) is 40.0 Å². The molecule has 0 bridgehead atoms. The number of nitrogens with one attached hydrogen (secondary N) is 1. The number of hydrogen-bond donors (Lipinski definition) is 1. The van der Waals surface area contributed by atoms with Crippen molar-refractivity contribution in [3.63, 3.8) is 0 Å². The van der Waals surface area contributed by atoms with E-state index in [1.165, 1.54) is 0 Å². The molecular formula is C30H32N8O2. The summed E-state index contributed by atoms with van der Waals surface area (Å²) >= 11 is 0. The molecule has 0 fully saturated rings. The van der Waals surface area contributed by atoms with Gasteiger partial charge in [-0.1, -0.05) is 76.2 Å². The van der Waals surface area contributed by atoms with Crippen LogP contribution < -0.4 is 0 Å². The lowest BCUT2D eigenvalue weighted by Crippen LogP contribution is -2.13. The molecule has 0 spiro atoms. The third-order valence-electron chi connectivity index (χ3n) is 6.83. The second-order valence-electron chi connectivity index (χ2n) is 10.1. The molecular weight excluding hydrogens is 504 g/mol. The molecule has 0 unspecified atom stereocenters. The van der Waals surface area contributed by atoms with E-state index < -0.39 is 0 Å². The summed E-state index contributed by atoms with van der Waals surface area (Å²) in [6.45, 7) is 8.48. The SMILES string of the molecule is CCCC(=O)c1nnc(C(=O)CCC)c2c1nc(C(C)C)n2Cc1ccc(-c2ccccc2-c2nnn[nH]2)cc1. The third-order valence-corrected chi connectivity index (χ3v) is 6.83. The number of aromatic amines is 1. The highest BCUT2D eigenvalue weighted by molar-refractivity contribution is 6.10. The molecule has 40 heavy (non-hydrogen) atoms. The Morgan fingerprint density at radius 3 is 2.12 bits per heavy atom. The predicted molar refractivity (Wildman–Crippen MR) is 152 cm³/mol. The average Bonchev–Trinajstić information content (AvgIpc) is 3.62. The zero-order valence-electron chi connectivity index (χ0n) is 23.2. The molecule has 3 heterocycles. The van der Waals surface area contributed by atoms with Gasteiger partial charge in [0.1, 0.15) is 16.9 Å². The number of ketones is 2. The molecule has 0 radical (unpaired) electrons. The van der Waals surface area contributed by atoms with Crippen molar-refractivity contribution >= 4 is 22.6 Å². The summed E-state index contributed by atoms with van der Waals surface area (Å²) < 4.78 is 2.03. The first kappa shape index (κ1) is 27.0. The number of fused-ring (bicyclic) bond motifs is 1. The number of nitrogens with zero attached hydrogens (tertiary/aromatic N) is 7. The number of H-pyrrole nitrogens is 1. The summed E-state index contributed by atoms with van der Waals surface area (Å²) in [5.74, 6) is 1.23. The van der Waals surface area contributed by atoms with Gasteiger partial charge < -0.3 is 4.57 Å². The molecule has 5 aromatic rings. The van der Waals surface area contributed by atoms with Crippen LogP contribution in [0, 0.1) is 0 Å². The van der Waals surface area contributed by atoms with Crippen LogP contribution in [0.1, 0.15) is 91.7 Å². The molecule has 5 rings (SSSR count). The lowest BCUT2D eigenvalue weighted by molar-refractivity contribution is 0.0963. The molecule has 0 saturated heterocycles. The summed E-state index contributed by atoms with van der Waals surface area (Å²) in [5.41, 5.74) is 5.51. The Balaban J connectivity index is 1.59. The topological polar surface area (TPSA) is 132 Å². The van der Waals surface area contributed by atoms with Crippen molar-refractivity contribution in [3.8, 4) is 22.5 Å². The van der Waals surface area contributed by atoms with Crippen molar-refractivity contribution in [2.75, 3.05) is 0 Å². The zero-order valence-corrected chi connectivity index (χ0v) is 23.2. The minimum absolute atomic E-state index is 0.0531. The van der Waals surface area contributed by atoms with E-state index in [4.69, 9.17) is 4.98 Å². The van der Waals surface area contributed by atoms with Crippen molar-refractivity contribution < 1.29 is 9.59 Å². The molecule has 10 nitrogen and oxygen atoms in total. The maximum atomic E-state index is 13.1. The Labute approximate surface area is 232 Å². The van der Waals surface area contributed by atoms with Crippen LogP contribution in [0.15, 0.2) is 48.5 Å². The van der Waals surface area contributed by atoms with E-state index in [0.717, 1.165) is 28.1 Å². The van der Waals surface area contributed by atoms with E-state index in [1.807, 2.05) is 42.7 Å². The van der Waals surface area contributed by atoms with E-state index >= 15 is 0 Å². The standard InChI is InChI=1S/C30H32N8O2/c1-5-9-23(39)25-27-28(26(33-32-25)24(40)10-6-2)38(30(31-27)18(3)4)17-19-13-15-20(16-14-19)21-11-7-8-12-22(21)29-34-36-37-35-29/h7-8,11-16,18H,5-6,9-10,17H2,1-4H3,(H,34,35,36,37). The van der Waals surface area contributed by atoms with Crippen LogP contribution in [0.3, 0.4) is 0 Å². The quantitative estimate of drug-likeness (QED) is 0.209. The molecule has 0 saturated carbocycles. The fraction of sp³-hybridized carbons (Fsp3) is 0.333. The number of carbonyl (C=O) groups is 2. The third kappa shape index (κ3) is 5.16. The monoisotopic (exact) mass is 536 g/mol. The Morgan fingerprint density at radius 1 is 0.850 bits per heavy atom. The Morgan fingerprint density at radius 2 is 1.50 bits per heavy atom. The van der Waals surface area contributed by atoms with Gasteiger partial charge in [-0.3, -0.25) is 9.59 Å². The van der Waals surface area contributed by atoms with E-state index in [0.29, 0.717) is 49.1 Å². The highest BCUT2D eigenvalue weighted by Crippen LogP contribution is 2.31. The smallest absolute Gasteiger partial charge is 0.185 e. The molecule has 0 aliphatic carbocycles. The predicted octanol–water partition coefficient (Wildman–Crippen LogP) is 5.81. The molecule has 0 aliphatic heterocycles. The summed E-state index contributed by atoms with van der Waals surface area (Å²) in [7, 11) is 0. The fourth-order valence-corrected chi connectivity index (χ4v) is 4.92. The van der Waals surface area contributed by atoms with Crippen LogP contribution in [-0.2, 0) is 6.54 Å². The number of benzene rings is 2. The van der Waals surface area contributed by atoms with Gasteiger partial charge in [-0.15, -0.1) is 15.3 Å². The number of rotatable bonds is 11. The van der Waals surface area contributed by atoms with Crippen LogP contribution in [0.2, 0.25) is 0 Å². The van der Waals surface area contributed by atoms with E-state index in [-0.39, 0.29) is 28.9 Å². The highest BCUT2D eigenvalue weighted by atomic mass is 16.1. The van der Waals surface area contributed by atoms with Crippen LogP contribution in [-0.4, -0.2) is 51.9 Å². The summed E-state index contributed by atoms with van der Waals surface area (Å²) in [5, 5.41) is 22.8. The number of aromatic nitrogens is 8. The minimum Gasteiger partial charge on any atom is -0.321 e. The molecule has 10 heteroatoms.